The van der Waals surface area contributed by atoms with E-state index in [2.05, 4.69) is 17.0 Å². The molecule has 1 fully saturated rings. The van der Waals surface area contributed by atoms with Gasteiger partial charge in [0.1, 0.15) is 5.75 Å². The molecule has 2 aliphatic rings. The average Bonchev–Trinajstić information content (AvgIpc) is 3.02. The molecule has 0 aliphatic carbocycles. The maximum atomic E-state index is 13.4. The SMILES string of the molecule is CCOc1ccc(CN2C[C@H]3N(C)C(=O)c4ccccc4C(=O)[C@@]3(C)C2)cc1. The van der Waals surface area contributed by atoms with Crippen LogP contribution in [-0.4, -0.2) is 54.3 Å². The van der Waals surface area contributed by atoms with Crippen molar-refractivity contribution >= 4 is 11.7 Å². The third-order valence-electron chi connectivity index (χ3n) is 6.07. The quantitative estimate of drug-likeness (QED) is 0.820. The Morgan fingerprint density at radius 2 is 1.75 bits per heavy atom. The van der Waals surface area contributed by atoms with Crippen LogP contribution in [0.3, 0.4) is 0 Å². The number of hydrogen-bond acceptors (Lipinski definition) is 4. The van der Waals surface area contributed by atoms with Gasteiger partial charge in [0.05, 0.1) is 23.6 Å². The van der Waals surface area contributed by atoms with E-state index < -0.39 is 5.41 Å². The lowest BCUT2D eigenvalue weighted by atomic mass is 9.78. The highest BCUT2D eigenvalue weighted by atomic mass is 16.5. The van der Waals surface area contributed by atoms with Crippen LogP contribution in [0.15, 0.2) is 48.5 Å². The monoisotopic (exact) mass is 378 g/mol. The van der Waals surface area contributed by atoms with Gasteiger partial charge in [-0.1, -0.05) is 30.3 Å². The molecule has 2 aliphatic heterocycles. The Balaban J connectivity index is 1.60. The molecule has 0 radical (unpaired) electrons. The summed E-state index contributed by atoms with van der Waals surface area (Å²) in [4.78, 5) is 30.4. The number of hydrogen-bond donors (Lipinski definition) is 0. The van der Waals surface area contributed by atoms with Crippen molar-refractivity contribution in [2.75, 3.05) is 26.7 Å². The summed E-state index contributed by atoms with van der Waals surface area (Å²) < 4.78 is 5.51. The van der Waals surface area contributed by atoms with Crippen molar-refractivity contribution in [1.29, 1.82) is 0 Å². The van der Waals surface area contributed by atoms with Gasteiger partial charge in [0, 0.05) is 32.2 Å². The highest BCUT2D eigenvalue weighted by Crippen LogP contribution is 2.41. The van der Waals surface area contributed by atoms with Crippen molar-refractivity contribution in [3.05, 3.63) is 65.2 Å². The summed E-state index contributed by atoms with van der Waals surface area (Å²) in [6.45, 7) is 6.69. The first-order chi connectivity index (χ1) is 13.4. The van der Waals surface area contributed by atoms with Crippen molar-refractivity contribution in [3.8, 4) is 5.75 Å². The fourth-order valence-electron chi connectivity index (χ4n) is 4.60. The Hall–Kier alpha value is -2.66. The van der Waals surface area contributed by atoms with Gasteiger partial charge in [-0.05, 0) is 37.6 Å². The lowest BCUT2D eigenvalue weighted by Gasteiger charge is -2.32. The maximum Gasteiger partial charge on any atom is 0.254 e. The summed E-state index contributed by atoms with van der Waals surface area (Å²) >= 11 is 0. The van der Waals surface area contributed by atoms with E-state index in [0.29, 0.717) is 30.8 Å². The molecule has 0 aromatic heterocycles. The van der Waals surface area contributed by atoms with Crippen LogP contribution < -0.4 is 4.74 Å². The zero-order valence-electron chi connectivity index (χ0n) is 16.6. The van der Waals surface area contributed by atoms with E-state index in [1.165, 1.54) is 5.56 Å². The average molecular weight is 378 g/mol. The number of rotatable bonds is 4. The molecule has 28 heavy (non-hydrogen) atoms. The van der Waals surface area contributed by atoms with E-state index in [1.54, 1.807) is 17.0 Å². The molecule has 1 amide bonds. The summed E-state index contributed by atoms with van der Waals surface area (Å²) in [5.41, 5.74) is 1.63. The second kappa shape index (κ2) is 7.06. The Morgan fingerprint density at radius 3 is 2.43 bits per heavy atom. The van der Waals surface area contributed by atoms with Crippen LogP contribution in [0, 0.1) is 5.41 Å². The molecule has 2 heterocycles. The molecule has 2 aromatic rings. The van der Waals surface area contributed by atoms with E-state index in [4.69, 9.17) is 4.74 Å². The predicted molar refractivity (Wildman–Crippen MR) is 108 cm³/mol. The summed E-state index contributed by atoms with van der Waals surface area (Å²) in [7, 11) is 1.82. The van der Waals surface area contributed by atoms with Gasteiger partial charge in [0.2, 0.25) is 0 Å². The summed E-state index contributed by atoms with van der Waals surface area (Å²) in [6.07, 6.45) is 0. The second-order valence-corrected chi connectivity index (χ2v) is 7.97. The largest absolute Gasteiger partial charge is 0.494 e. The third-order valence-corrected chi connectivity index (χ3v) is 6.07. The lowest BCUT2D eigenvalue weighted by Crippen LogP contribution is -2.47. The molecular formula is C23H26N2O3. The minimum absolute atomic E-state index is 0.0689. The lowest BCUT2D eigenvalue weighted by molar-refractivity contribution is 0.0606. The number of carbonyl (C=O) groups is 2. The van der Waals surface area contributed by atoms with E-state index in [1.807, 2.05) is 45.2 Å². The van der Waals surface area contributed by atoms with E-state index in [-0.39, 0.29) is 17.7 Å². The fourth-order valence-corrected chi connectivity index (χ4v) is 4.60. The second-order valence-electron chi connectivity index (χ2n) is 7.97. The van der Waals surface area contributed by atoms with Crippen LogP contribution in [0.4, 0.5) is 0 Å². The van der Waals surface area contributed by atoms with Crippen LogP contribution in [0.25, 0.3) is 0 Å². The summed E-state index contributed by atoms with van der Waals surface area (Å²) in [5.74, 6) is 0.863. The molecule has 2 atom stereocenters. The molecule has 0 saturated carbocycles. The smallest absolute Gasteiger partial charge is 0.254 e. The number of nitrogens with zero attached hydrogens (tertiary/aromatic N) is 2. The van der Waals surface area contributed by atoms with Crippen LogP contribution >= 0.6 is 0 Å². The van der Waals surface area contributed by atoms with Crippen LogP contribution in [0.1, 0.15) is 40.1 Å². The Morgan fingerprint density at radius 1 is 1.07 bits per heavy atom. The molecule has 0 spiro atoms. The number of ketones is 1. The van der Waals surface area contributed by atoms with E-state index in [9.17, 15) is 9.59 Å². The minimum atomic E-state index is -0.609. The molecular weight excluding hydrogens is 352 g/mol. The van der Waals surface area contributed by atoms with Crippen molar-refractivity contribution in [1.82, 2.24) is 9.80 Å². The van der Waals surface area contributed by atoms with Crippen LogP contribution in [0.5, 0.6) is 5.75 Å². The van der Waals surface area contributed by atoms with Crippen molar-refractivity contribution in [2.24, 2.45) is 5.41 Å². The molecule has 146 valence electrons. The predicted octanol–water partition coefficient (Wildman–Crippen LogP) is 3.24. The van der Waals surface area contributed by atoms with Gasteiger partial charge >= 0.3 is 0 Å². The van der Waals surface area contributed by atoms with Crippen molar-refractivity contribution < 1.29 is 14.3 Å². The molecule has 2 aromatic carbocycles. The number of likely N-dealkylation sites (tertiary alicyclic amines) is 1. The van der Waals surface area contributed by atoms with Gasteiger partial charge < -0.3 is 9.64 Å². The minimum Gasteiger partial charge on any atom is -0.494 e. The van der Waals surface area contributed by atoms with Crippen LogP contribution in [-0.2, 0) is 6.54 Å². The first-order valence-electron chi connectivity index (χ1n) is 9.79. The molecule has 1 saturated heterocycles. The topological polar surface area (TPSA) is 49.9 Å². The molecule has 5 nitrogen and oxygen atoms in total. The van der Waals surface area contributed by atoms with Crippen molar-refractivity contribution in [3.63, 3.8) is 0 Å². The van der Waals surface area contributed by atoms with E-state index in [0.717, 1.165) is 12.3 Å². The molecule has 0 bridgehead atoms. The summed E-state index contributed by atoms with van der Waals surface area (Å²) in [5, 5.41) is 0. The number of fused-ring (bicyclic) bond motifs is 2. The Bertz CT molecular complexity index is 908. The van der Waals surface area contributed by atoms with Gasteiger partial charge in [0.15, 0.2) is 5.78 Å². The number of Topliss-reactive ketones (excluding diaryl/α,β-unsaturated/α-hetero) is 1. The van der Waals surface area contributed by atoms with Crippen LogP contribution in [0.2, 0.25) is 0 Å². The zero-order valence-corrected chi connectivity index (χ0v) is 16.6. The number of benzene rings is 2. The van der Waals surface area contributed by atoms with Gasteiger partial charge in [-0.2, -0.15) is 0 Å². The van der Waals surface area contributed by atoms with Crippen molar-refractivity contribution in [2.45, 2.75) is 26.4 Å². The Kier molecular flexibility index (Phi) is 4.71. The summed E-state index contributed by atoms with van der Waals surface area (Å²) in [6, 6.07) is 15.1. The standard InChI is InChI=1S/C23H26N2O3/c1-4-28-17-11-9-16(10-12-17)13-25-14-20-23(2,15-25)21(26)18-7-5-6-8-19(18)22(27)24(20)3/h5-12,20H,4,13-15H2,1-3H3/t20-,23+/m1/s1. The van der Waals surface area contributed by atoms with Gasteiger partial charge in [-0.25, -0.2) is 0 Å². The highest BCUT2D eigenvalue weighted by molar-refractivity contribution is 6.12. The first kappa shape index (κ1) is 18.7. The fraction of sp³-hybridized carbons (Fsp3) is 0.391. The van der Waals surface area contributed by atoms with Gasteiger partial charge in [0.25, 0.3) is 5.91 Å². The molecule has 4 rings (SSSR count). The number of likely N-dealkylation sites (N-methyl/N-ethyl adjacent to an activating group) is 1. The molecule has 0 N–H and O–H groups in total. The third kappa shape index (κ3) is 3.00. The molecule has 0 unspecified atom stereocenters. The zero-order chi connectivity index (χ0) is 19.9. The van der Waals surface area contributed by atoms with E-state index >= 15 is 0 Å². The maximum absolute atomic E-state index is 13.4. The number of ether oxygens (including phenoxy) is 1. The molecule has 5 heteroatoms. The van der Waals surface area contributed by atoms with Gasteiger partial charge in [-0.15, -0.1) is 0 Å². The number of carbonyl (C=O) groups excluding carboxylic acids is 2. The normalized spacial score (nSPS) is 24.7. The Labute approximate surface area is 165 Å². The highest BCUT2D eigenvalue weighted by Gasteiger charge is 2.53. The van der Waals surface area contributed by atoms with Gasteiger partial charge in [-0.3, -0.25) is 14.5 Å². The number of amides is 1. The first-order valence-corrected chi connectivity index (χ1v) is 9.79.